The number of aromatic nitrogens is 2. The maximum absolute atomic E-state index is 13.2. The Morgan fingerprint density at radius 2 is 1.84 bits per heavy atom. The molecule has 6 nitrogen and oxygen atoms in total. The lowest BCUT2D eigenvalue weighted by Gasteiger charge is -2.36. The van der Waals surface area contributed by atoms with Crippen molar-refractivity contribution < 1.29 is 9.59 Å². The van der Waals surface area contributed by atoms with Crippen molar-refractivity contribution in [3.63, 3.8) is 0 Å². The number of nitrogens with one attached hydrogen (secondary N) is 1. The highest BCUT2D eigenvalue weighted by atomic mass is 16.2. The second kappa shape index (κ2) is 8.17. The van der Waals surface area contributed by atoms with Crippen LogP contribution in [0.1, 0.15) is 64.2 Å². The fourth-order valence-electron chi connectivity index (χ4n) is 4.83. The fourth-order valence-corrected chi connectivity index (χ4v) is 4.83. The summed E-state index contributed by atoms with van der Waals surface area (Å²) in [5.41, 5.74) is 4.44. The van der Waals surface area contributed by atoms with Crippen LogP contribution < -0.4 is 5.32 Å². The predicted octanol–water partition coefficient (Wildman–Crippen LogP) is 4.06. The lowest BCUT2D eigenvalue weighted by atomic mass is 9.94. The lowest BCUT2D eigenvalue weighted by molar-refractivity contribution is 0.0566. The Bertz CT molecular complexity index is 1130. The van der Waals surface area contributed by atoms with Gasteiger partial charge in [-0.3, -0.25) is 9.59 Å². The first kappa shape index (κ1) is 19.8. The number of amides is 2. The van der Waals surface area contributed by atoms with Crippen molar-refractivity contribution >= 4 is 22.8 Å². The van der Waals surface area contributed by atoms with Gasteiger partial charge in [-0.15, -0.1) is 0 Å². The summed E-state index contributed by atoms with van der Waals surface area (Å²) in [5, 5.41) is 2.97. The molecule has 5 rings (SSSR count). The summed E-state index contributed by atoms with van der Waals surface area (Å²) in [6, 6.07) is 14.0. The number of nitrogens with zero attached hydrogens (tertiary/aromatic N) is 3. The number of carbonyl (C=O) groups excluding carboxylic acids is 2. The monoisotopic (exact) mass is 416 g/mol. The van der Waals surface area contributed by atoms with Gasteiger partial charge >= 0.3 is 0 Å². The van der Waals surface area contributed by atoms with Crippen LogP contribution in [-0.2, 0) is 13.1 Å². The molecular formula is C25H28N4O2. The van der Waals surface area contributed by atoms with Crippen molar-refractivity contribution in [1.29, 1.82) is 0 Å². The smallest absolute Gasteiger partial charge is 0.290 e. The second-order valence-corrected chi connectivity index (χ2v) is 8.75. The van der Waals surface area contributed by atoms with E-state index in [-0.39, 0.29) is 11.8 Å². The molecule has 3 aromatic rings. The van der Waals surface area contributed by atoms with E-state index in [0.29, 0.717) is 29.5 Å². The van der Waals surface area contributed by atoms with Crippen LogP contribution in [0.25, 0.3) is 11.0 Å². The first-order valence-electron chi connectivity index (χ1n) is 11.2. The van der Waals surface area contributed by atoms with Gasteiger partial charge in [-0.25, -0.2) is 4.98 Å². The molecule has 0 unspecified atom stereocenters. The molecule has 2 heterocycles. The summed E-state index contributed by atoms with van der Waals surface area (Å²) in [6.07, 6.45) is 5.86. The Hall–Kier alpha value is -3.15. The molecule has 1 aliphatic carbocycles. The highest BCUT2D eigenvalue weighted by Crippen LogP contribution is 2.28. The minimum Gasteiger partial charge on any atom is -0.348 e. The van der Waals surface area contributed by atoms with Crippen molar-refractivity contribution in [2.24, 2.45) is 0 Å². The normalized spacial score (nSPS) is 17.1. The van der Waals surface area contributed by atoms with E-state index >= 15 is 0 Å². The fraction of sp³-hybridized carbons (Fsp3) is 0.400. The number of carbonyl (C=O) groups is 2. The van der Waals surface area contributed by atoms with Gasteiger partial charge in [-0.1, -0.05) is 49.1 Å². The summed E-state index contributed by atoms with van der Waals surface area (Å²) < 4.78 is 2.00. The summed E-state index contributed by atoms with van der Waals surface area (Å²) in [5.74, 6) is 0.396. The summed E-state index contributed by atoms with van der Waals surface area (Å²) in [6.45, 7) is 4.01. The van der Waals surface area contributed by atoms with Crippen molar-refractivity contribution in [2.75, 3.05) is 6.54 Å². The molecule has 0 saturated heterocycles. The molecule has 1 aliphatic heterocycles. The van der Waals surface area contributed by atoms with Crippen LogP contribution in [0.4, 0.5) is 0 Å². The number of fused-ring (bicyclic) bond motifs is 3. The van der Waals surface area contributed by atoms with Gasteiger partial charge in [-0.05, 0) is 43.5 Å². The maximum Gasteiger partial charge on any atom is 0.290 e. The van der Waals surface area contributed by atoms with Crippen LogP contribution in [0.2, 0.25) is 0 Å². The van der Waals surface area contributed by atoms with Gasteiger partial charge < -0.3 is 14.8 Å². The van der Waals surface area contributed by atoms with Gasteiger partial charge in [0, 0.05) is 31.2 Å². The van der Waals surface area contributed by atoms with Gasteiger partial charge in [0.2, 0.25) is 0 Å². The average molecular weight is 417 g/mol. The molecule has 0 radical (unpaired) electrons. The highest BCUT2D eigenvalue weighted by molar-refractivity contribution is 6.00. The van der Waals surface area contributed by atoms with E-state index in [1.807, 2.05) is 52.8 Å². The van der Waals surface area contributed by atoms with E-state index in [1.165, 1.54) is 24.8 Å². The molecular weight excluding hydrogens is 388 g/mol. The zero-order chi connectivity index (χ0) is 21.4. The molecule has 2 aromatic carbocycles. The predicted molar refractivity (Wildman–Crippen MR) is 120 cm³/mol. The molecule has 31 heavy (non-hydrogen) atoms. The summed E-state index contributed by atoms with van der Waals surface area (Å²) in [4.78, 5) is 32.5. The molecule has 1 fully saturated rings. The second-order valence-electron chi connectivity index (χ2n) is 8.75. The Balaban J connectivity index is 1.34. The highest BCUT2D eigenvalue weighted by Gasteiger charge is 2.33. The molecule has 0 bridgehead atoms. The number of rotatable bonds is 4. The van der Waals surface area contributed by atoms with Crippen LogP contribution in [0.3, 0.4) is 0 Å². The molecule has 1 saturated carbocycles. The van der Waals surface area contributed by atoms with Crippen LogP contribution in [0, 0.1) is 6.92 Å². The molecule has 0 spiro atoms. The van der Waals surface area contributed by atoms with Gasteiger partial charge in [-0.2, -0.15) is 0 Å². The quantitative estimate of drug-likeness (QED) is 0.697. The van der Waals surface area contributed by atoms with Crippen LogP contribution in [0.5, 0.6) is 0 Å². The molecule has 0 atom stereocenters. The summed E-state index contributed by atoms with van der Waals surface area (Å²) >= 11 is 0. The van der Waals surface area contributed by atoms with E-state index in [0.717, 1.165) is 37.0 Å². The van der Waals surface area contributed by atoms with E-state index in [2.05, 4.69) is 10.3 Å². The van der Waals surface area contributed by atoms with Crippen molar-refractivity contribution in [2.45, 2.75) is 58.2 Å². The molecule has 2 aliphatic rings. The maximum atomic E-state index is 13.2. The Kier molecular flexibility index (Phi) is 5.22. The average Bonchev–Trinajstić information content (AvgIpc) is 3.18. The third-order valence-corrected chi connectivity index (χ3v) is 6.62. The first-order valence-corrected chi connectivity index (χ1v) is 11.2. The number of hydrogen-bond donors (Lipinski definition) is 1. The summed E-state index contributed by atoms with van der Waals surface area (Å²) in [7, 11) is 0. The molecule has 6 heteroatoms. The third-order valence-electron chi connectivity index (χ3n) is 6.62. The Labute approximate surface area is 182 Å². The zero-order valence-corrected chi connectivity index (χ0v) is 17.9. The lowest BCUT2D eigenvalue weighted by Crippen LogP contribution is -2.47. The zero-order valence-electron chi connectivity index (χ0n) is 17.9. The number of hydrogen-bond acceptors (Lipinski definition) is 3. The van der Waals surface area contributed by atoms with Crippen molar-refractivity contribution in [3.8, 4) is 0 Å². The number of benzene rings is 2. The van der Waals surface area contributed by atoms with E-state index < -0.39 is 0 Å². The van der Waals surface area contributed by atoms with Gasteiger partial charge in [0.25, 0.3) is 11.8 Å². The molecule has 160 valence electrons. The van der Waals surface area contributed by atoms with Crippen molar-refractivity contribution in [1.82, 2.24) is 19.8 Å². The molecule has 1 N–H and O–H groups in total. The Morgan fingerprint density at radius 3 is 2.61 bits per heavy atom. The number of imidazole rings is 1. The van der Waals surface area contributed by atoms with Gasteiger partial charge in [0.15, 0.2) is 5.82 Å². The minimum absolute atomic E-state index is 0.0275. The Morgan fingerprint density at radius 1 is 1.06 bits per heavy atom. The van der Waals surface area contributed by atoms with E-state index in [9.17, 15) is 9.59 Å². The minimum atomic E-state index is -0.136. The van der Waals surface area contributed by atoms with E-state index in [1.54, 1.807) is 6.07 Å². The van der Waals surface area contributed by atoms with Crippen LogP contribution >= 0.6 is 0 Å². The standard InChI is InChI=1S/C25H28N4O2/c1-17-7-9-18(10-8-17)16-26-24(30)19-11-12-22-21(15-19)27-23-25(31)28(13-14-29(22)23)20-5-3-2-4-6-20/h7-12,15,20H,2-6,13-14,16H2,1H3,(H,26,30). The SMILES string of the molecule is Cc1ccc(CNC(=O)c2ccc3c(c2)nc2n3CCN(C3CCCCC3)C2=O)cc1. The van der Waals surface area contributed by atoms with Crippen LogP contribution in [0.15, 0.2) is 42.5 Å². The number of aryl methyl sites for hydroxylation is 1. The first-order chi connectivity index (χ1) is 15.1. The van der Waals surface area contributed by atoms with Crippen molar-refractivity contribution in [3.05, 3.63) is 65.0 Å². The van der Waals surface area contributed by atoms with Gasteiger partial charge in [0.1, 0.15) is 0 Å². The largest absolute Gasteiger partial charge is 0.348 e. The molecule has 2 amide bonds. The molecule has 1 aromatic heterocycles. The van der Waals surface area contributed by atoms with Gasteiger partial charge in [0.05, 0.1) is 11.0 Å². The van der Waals surface area contributed by atoms with Crippen LogP contribution in [-0.4, -0.2) is 38.9 Å². The van der Waals surface area contributed by atoms with E-state index in [4.69, 9.17) is 0 Å². The topological polar surface area (TPSA) is 67.2 Å². The third kappa shape index (κ3) is 3.82.